The summed E-state index contributed by atoms with van der Waals surface area (Å²) in [7, 11) is 3.14. The Morgan fingerprint density at radius 2 is 2.31 bits per heavy atom. The molecule has 5 heteroatoms. The van der Waals surface area contributed by atoms with Crippen LogP contribution in [0.2, 0.25) is 0 Å². The second-order valence-electron chi connectivity index (χ2n) is 2.45. The lowest BCUT2D eigenvalue weighted by atomic mass is 10.3. The highest BCUT2D eigenvalue weighted by Gasteiger charge is 2.02. The summed E-state index contributed by atoms with van der Waals surface area (Å²) in [6.45, 7) is 0. The van der Waals surface area contributed by atoms with E-state index in [0.29, 0.717) is 0 Å². The fourth-order valence-electron chi connectivity index (χ4n) is 1.08. The summed E-state index contributed by atoms with van der Waals surface area (Å²) < 4.78 is 12.8. The van der Waals surface area contributed by atoms with Gasteiger partial charge < -0.3 is 4.98 Å². The second kappa shape index (κ2) is 3.59. The van der Waals surface area contributed by atoms with Gasteiger partial charge in [0.05, 0.1) is 11.0 Å². The predicted molar refractivity (Wildman–Crippen MR) is 55.4 cm³/mol. The highest BCUT2D eigenvalue weighted by Crippen LogP contribution is 2.27. The molecule has 2 nitrogen and oxygen atoms in total. The van der Waals surface area contributed by atoms with Crippen molar-refractivity contribution in [3.05, 3.63) is 24.0 Å². The lowest BCUT2D eigenvalue weighted by molar-refractivity contribution is 0.629. The van der Waals surface area contributed by atoms with Gasteiger partial charge in [0.1, 0.15) is 5.82 Å². The molecule has 0 radical (unpaired) electrons. The number of nitrogens with one attached hydrogen (secondary N) is 1. The van der Waals surface area contributed by atoms with Crippen molar-refractivity contribution >= 4 is 32.6 Å². The summed E-state index contributed by atoms with van der Waals surface area (Å²) in [5, 5.41) is 0.813. The van der Waals surface area contributed by atoms with Crippen molar-refractivity contribution in [3.8, 4) is 0 Å². The quantitative estimate of drug-likeness (QED) is 0.779. The molecular weight excluding hydrogens is 207 g/mol. The first-order valence-electron chi connectivity index (χ1n) is 3.65. The van der Waals surface area contributed by atoms with Gasteiger partial charge in [0.15, 0.2) is 5.16 Å². The maximum Gasteiger partial charge on any atom is 0.177 e. The highest BCUT2D eigenvalue weighted by atomic mass is 33.1. The molecule has 1 heterocycles. The summed E-state index contributed by atoms with van der Waals surface area (Å²) in [6.07, 6.45) is 1.97. The van der Waals surface area contributed by atoms with E-state index in [9.17, 15) is 4.39 Å². The van der Waals surface area contributed by atoms with E-state index in [0.717, 1.165) is 16.2 Å². The molecule has 0 aliphatic rings. The molecule has 0 saturated heterocycles. The first-order valence-corrected chi connectivity index (χ1v) is 6.21. The maximum absolute atomic E-state index is 12.8. The van der Waals surface area contributed by atoms with Crippen molar-refractivity contribution in [1.82, 2.24) is 9.97 Å². The van der Waals surface area contributed by atoms with E-state index in [1.165, 1.54) is 22.9 Å². The van der Waals surface area contributed by atoms with Crippen LogP contribution in [0, 0.1) is 5.82 Å². The van der Waals surface area contributed by atoms with Crippen molar-refractivity contribution < 1.29 is 4.39 Å². The van der Waals surface area contributed by atoms with E-state index in [1.807, 2.05) is 6.26 Å². The van der Waals surface area contributed by atoms with E-state index < -0.39 is 0 Å². The number of aromatic amines is 1. The van der Waals surface area contributed by atoms with Crippen LogP contribution in [-0.4, -0.2) is 16.2 Å². The molecule has 2 rings (SSSR count). The summed E-state index contributed by atoms with van der Waals surface area (Å²) >= 11 is 0. The summed E-state index contributed by atoms with van der Waals surface area (Å²) in [6, 6.07) is 4.54. The average molecular weight is 214 g/mol. The second-order valence-corrected chi connectivity index (χ2v) is 4.84. The van der Waals surface area contributed by atoms with Gasteiger partial charge >= 0.3 is 0 Å². The minimum absolute atomic E-state index is 0.239. The van der Waals surface area contributed by atoms with Gasteiger partial charge in [0, 0.05) is 0 Å². The van der Waals surface area contributed by atoms with Crippen molar-refractivity contribution in [1.29, 1.82) is 0 Å². The van der Waals surface area contributed by atoms with Crippen LogP contribution >= 0.6 is 21.6 Å². The summed E-state index contributed by atoms with van der Waals surface area (Å²) in [4.78, 5) is 7.29. The molecule has 0 amide bonds. The van der Waals surface area contributed by atoms with Gasteiger partial charge in [-0.05, 0) is 35.2 Å². The molecule has 0 aliphatic carbocycles. The first-order chi connectivity index (χ1) is 6.29. The molecule has 13 heavy (non-hydrogen) atoms. The van der Waals surface area contributed by atoms with E-state index in [1.54, 1.807) is 16.9 Å². The molecule has 0 atom stereocenters. The van der Waals surface area contributed by atoms with Crippen molar-refractivity contribution in [2.45, 2.75) is 5.16 Å². The third-order valence-electron chi connectivity index (χ3n) is 1.58. The smallest absolute Gasteiger partial charge is 0.177 e. The van der Waals surface area contributed by atoms with E-state index in [-0.39, 0.29) is 5.82 Å². The van der Waals surface area contributed by atoms with Gasteiger partial charge in [-0.3, -0.25) is 0 Å². The van der Waals surface area contributed by atoms with E-state index >= 15 is 0 Å². The monoisotopic (exact) mass is 214 g/mol. The number of hydrogen-bond donors (Lipinski definition) is 1. The number of H-pyrrole nitrogens is 1. The Balaban J connectivity index is 2.49. The van der Waals surface area contributed by atoms with Gasteiger partial charge in [-0.15, -0.1) is 0 Å². The summed E-state index contributed by atoms with van der Waals surface area (Å²) in [5.41, 5.74) is 1.55. The maximum atomic E-state index is 12.8. The Labute approximate surface area is 82.7 Å². The number of halogens is 1. The van der Waals surface area contributed by atoms with E-state index in [2.05, 4.69) is 9.97 Å². The third-order valence-corrected chi connectivity index (χ3v) is 3.08. The molecule has 1 aromatic heterocycles. The number of fused-ring (bicyclic) bond motifs is 1. The lowest BCUT2D eigenvalue weighted by Gasteiger charge is -1.86. The van der Waals surface area contributed by atoms with Crippen LogP contribution in [0.25, 0.3) is 11.0 Å². The van der Waals surface area contributed by atoms with E-state index in [4.69, 9.17) is 0 Å². The number of imidazole rings is 1. The molecule has 1 N–H and O–H groups in total. The van der Waals surface area contributed by atoms with Gasteiger partial charge in [-0.25, -0.2) is 9.37 Å². The van der Waals surface area contributed by atoms with Crippen molar-refractivity contribution in [3.63, 3.8) is 0 Å². The van der Waals surface area contributed by atoms with Crippen LogP contribution in [0.15, 0.2) is 23.4 Å². The van der Waals surface area contributed by atoms with Crippen LogP contribution in [0.5, 0.6) is 0 Å². The van der Waals surface area contributed by atoms with Gasteiger partial charge in [-0.1, -0.05) is 10.8 Å². The van der Waals surface area contributed by atoms with Crippen LogP contribution in [-0.2, 0) is 0 Å². The highest BCUT2D eigenvalue weighted by molar-refractivity contribution is 8.76. The Morgan fingerprint density at radius 3 is 3.08 bits per heavy atom. The fourth-order valence-corrected chi connectivity index (χ4v) is 2.23. The molecule has 2 aromatic rings. The number of nitrogens with zero attached hydrogens (tertiary/aromatic N) is 1. The lowest BCUT2D eigenvalue weighted by Crippen LogP contribution is -1.72. The average Bonchev–Trinajstić information content (AvgIpc) is 2.46. The van der Waals surface area contributed by atoms with Crippen LogP contribution in [0.4, 0.5) is 4.39 Å². The molecule has 0 aliphatic heterocycles. The zero-order valence-electron chi connectivity index (χ0n) is 6.87. The Morgan fingerprint density at radius 1 is 1.46 bits per heavy atom. The molecule has 0 bridgehead atoms. The van der Waals surface area contributed by atoms with Crippen molar-refractivity contribution in [2.75, 3.05) is 6.26 Å². The first kappa shape index (κ1) is 8.90. The largest absolute Gasteiger partial charge is 0.332 e. The topological polar surface area (TPSA) is 28.7 Å². The number of aromatic nitrogens is 2. The normalized spacial score (nSPS) is 10.9. The standard InChI is InChI=1S/C8H7FN2S2/c1-12-13-8-10-6-3-2-5(9)4-7(6)11-8/h2-4H,1H3,(H,10,11). The van der Waals surface area contributed by atoms with Gasteiger partial charge in [0.2, 0.25) is 0 Å². The van der Waals surface area contributed by atoms with Crippen LogP contribution in [0.3, 0.4) is 0 Å². The Kier molecular flexibility index (Phi) is 2.46. The minimum Gasteiger partial charge on any atom is -0.332 e. The van der Waals surface area contributed by atoms with Gasteiger partial charge in [-0.2, -0.15) is 0 Å². The zero-order chi connectivity index (χ0) is 9.26. The molecular formula is C8H7FN2S2. The molecule has 0 unspecified atom stereocenters. The minimum atomic E-state index is -0.239. The Hall–Kier alpha value is -0.680. The van der Waals surface area contributed by atoms with Gasteiger partial charge in [0.25, 0.3) is 0 Å². The number of hydrogen-bond acceptors (Lipinski definition) is 3. The van der Waals surface area contributed by atoms with Crippen LogP contribution in [0.1, 0.15) is 0 Å². The number of benzene rings is 1. The third kappa shape index (κ3) is 1.81. The fraction of sp³-hybridized carbons (Fsp3) is 0.125. The molecule has 0 spiro atoms. The molecule has 0 fully saturated rings. The number of rotatable bonds is 2. The SMILES string of the molecule is CSSc1nc2ccc(F)cc2[nH]1. The summed E-state index contributed by atoms with van der Waals surface area (Å²) in [5.74, 6) is -0.239. The Bertz CT molecular complexity index is 427. The predicted octanol–water partition coefficient (Wildman–Crippen LogP) is 3.07. The molecule has 1 aromatic carbocycles. The zero-order valence-corrected chi connectivity index (χ0v) is 8.51. The molecule has 0 saturated carbocycles. The van der Waals surface area contributed by atoms with Crippen LogP contribution < -0.4 is 0 Å². The van der Waals surface area contributed by atoms with Crippen molar-refractivity contribution in [2.24, 2.45) is 0 Å². The molecule has 68 valence electrons.